The zero-order valence-corrected chi connectivity index (χ0v) is 11.2. The molecule has 4 rings (SSSR count). The van der Waals surface area contributed by atoms with Crippen molar-refractivity contribution in [3.63, 3.8) is 0 Å². The van der Waals surface area contributed by atoms with E-state index in [1.807, 2.05) is 54.6 Å². The van der Waals surface area contributed by atoms with Crippen molar-refractivity contribution >= 4 is 11.0 Å². The van der Waals surface area contributed by atoms with Crippen LogP contribution in [0.15, 0.2) is 77.5 Å². The Bertz CT molecular complexity index is 883. The minimum atomic E-state index is 0.760. The first-order valence-electron chi connectivity index (χ1n) is 6.78. The fraction of sp³-hybridized carbons (Fsp3) is 0. The lowest BCUT2D eigenvalue weighted by atomic mass is 10.0. The van der Waals surface area contributed by atoms with E-state index in [2.05, 4.69) is 16.0 Å². The van der Waals surface area contributed by atoms with Gasteiger partial charge in [-0.2, -0.15) is 0 Å². The fourth-order valence-corrected chi connectivity index (χ4v) is 2.49. The lowest BCUT2D eigenvalue weighted by molar-refractivity contribution is 0.629. The van der Waals surface area contributed by atoms with Crippen molar-refractivity contribution in [1.82, 2.24) is 9.97 Å². The van der Waals surface area contributed by atoms with E-state index in [1.54, 1.807) is 12.4 Å². The first-order valence-corrected chi connectivity index (χ1v) is 6.78. The molecule has 0 aliphatic carbocycles. The van der Waals surface area contributed by atoms with Gasteiger partial charge < -0.3 is 4.42 Å². The molecule has 0 N–H and O–H groups in total. The quantitative estimate of drug-likeness (QED) is 0.537. The van der Waals surface area contributed by atoms with Crippen molar-refractivity contribution in [2.24, 2.45) is 0 Å². The van der Waals surface area contributed by atoms with Crippen LogP contribution in [-0.2, 0) is 0 Å². The summed E-state index contributed by atoms with van der Waals surface area (Å²) in [6, 6.07) is 19.7. The van der Waals surface area contributed by atoms with Crippen LogP contribution in [0.25, 0.3) is 33.7 Å². The summed E-state index contributed by atoms with van der Waals surface area (Å²) in [6.45, 7) is 0. The first kappa shape index (κ1) is 11.9. The maximum atomic E-state index is 6.04. The smallest absolute Gasteiger partial charge is 0.163 e. The lowest BCUT2D eigenvalue weighted by Gasteiger charge is -2.02. The van der Waals surface area contributed by atoms with E-state index in [4.69, 9.17) is 4.42 Å². The van der Waals surface area contributed by atoms with Crippen LogP contribution >= 0.6 is 0 Å². The van der Waals surface area contributed by atoms with Gasteiger partial charge in [0.05, 0.1) is 11.3 Å². The van der Waals surface area contributed by atoms with Crippen molar-refractivity contribution in [2.45, 2.75) is 0 Å². The summed E-state index contributed by atoms with van der Waals surface area (Å²) in [5.74, 6) is 0.760. The predicted octanol–water partition coefficient (Wildman–Crippen LogP) is 4.56. The second kappa shape index (κ2) is 4.87. The molecular formula is C18H12N2O. The molecule has 0 bridgehead atoms. The number of pyridine rings is 2. The highest BCUT2D eigenvalue weighted by atomic mass is 16.3. The van der Waals surface area contributed by atoms with E-state index in [9.17, 15) is 0 Å². The summed E-state index contributed by atoms with van der Waals surface area (Å²) in [5.41, 5.74) is 3.54. The topological polar surface area (TPSA) is 38.9 Å². The SMILES string of the molecule is c1ccc(-c2oc3ccccc3c2-c2ccccn2)nc1. The standard InChI is InChI=1S/C18H12N2O/c1-2-10-16-13(7-1)17(14-8-3-5-11-19-14)18(21-16)15-9-4-6-12-20-15/h1-12H. The van der Waals surface area contributed by atoms with Crippen molar-refractivity contribution in [3.05, 3.63) is 73.1 Å². The van der Waals surface area contributed by atoms with Gasteiger partial charge in [0.2, 0.25) is 0 Å². The average Bonchev–Trinajstić information content (AvgIpc) is 2.96. The fourth-order valence-electron chi connectivity index (χ4n) is 2.49. The van der Waals surface area contributed by atoms with E-state index < -0.39 is 0 Å². The molecule has 3 heteroatoms. The van der Waals surface area contributed by atoms with Gasteiger partial charge in [0.15, 0.2) is 5.76 Å². The van der Waals surface area contributed by atoms with Crippen molar-refractivity contribution in [2.75, 3.05) is 0 Å². The molecule has 3 nitrogen and oxygen atoms in total. The van der Waals surface area contributed by atoms with E-state index in [-0.39, 0.29) is 0 Å². The molecule has 0 radical (unpaired) electrons. The number of hydrogen-bond donors (Lipinski definition) is 0. The highest BCUT2D eigenvalue weighted by Crippen LogP contribution is 2.38. The number of nitrogens with zero attached hydrogens (tertiary/aromatic N) is 2. The molecule has 3 aromatic heterocycles. The molecule has 0 atom stereocenters. The van der Waals surface area contributed by atoms with Crippen molar-refractivity contribution in [1.29, 1.82) is 0 Å². The van der Waals surface area contributed by atoms with Gasteiger partial charge in [0.25, 0.3) is 0 Å². The van der Waals surface area contributed by atoms with Crippen molar-refractivity contribution in [3.8, 4) is 22.7 Å². The molecule has 21 heavy (non-hydrogen) atoms. The summed E-state index contributed by atoms with van der Waals surface area (Å²) >= 11 is 0. The predicted molar refractivity (Wildman–Crippen MR) is 82.7 cm³/mol. The summed E-state index contributed by atoms with van der Waals surface area (Å²) < 4.78 is 6.04. The Kier molecular flexibility index (Phi) is 2.75. The maximum absolute atomic E-state index is 6.04. The molecular weight excluding hydrogens is 260 g/mol. The summed E-state index contributed by atoms with van der Waals surface area (Å²) in [6.07, 6.45) is 3.56. The summed E-state index contributed by atoms with van der Waals surface area (Å²) in [7, 11) is 0. The maximum Gasteiger partial charge on any atom is 0.163 e. The summed E-state index contributed by atoms with van der Waals surface area (Å²) in [4.78, 5) is 8.88. The van der Waals surface area contributed by atoms with Gasteiger partial charge in [-0.25, -0.2) is 0 Å². The van der Waals surface area contributed by atoms with Crippen LogP contribution < -0.4 is 0 Å². The van der Waals surface area contributed by atoms with Gasteiger partial charge >= 0.3 is 0 Å². The Morgan fingerprint density at radius 1 is 0.667 bits per heavy atom. The number of aromatic nitrogens is 2. The second-order valence-electron chi connectivity index (χ2n) is 4.73. The number of hydrogen-bond acceptors (Lipinski definition) is 3. The first-order chi connectivity index (χ1) is 10.4. The highest BCUT2D eigenvalue weighted by Gasteiger charge is 2.18. The Hall–Kier alpha value is -2.94. The third kappa shape index (κ3) is 1.99. The molecule has 0 unspecified atom stereocenters. The third-order valence-electron chi connectivity index (χ3n) is 3.41. The van der Waals surface area contributed by atoms with Gasteiger partial charge in [-0.1, -0.05) is 30.3 Å². The number of rotatable bonds is 2. The monoisotopic (exact) mass is 272 g/mol. The van der Waals surface area contributed by atoms with E-state index in [1.165, 1.54) is 0 Å². The third-order valence-corrected chi connectivity index (χ3v) is 3.41. The van der Waals surface area contributed by atoms with Crippen LogP contribution in [0.3, 0.4) is 0 Å². The Balaban J connectivity index is 2.07. The summed E-state index contributed by atoms with van der Waals surface area (Å²) in [5, 5.41) is 1.05. The Morgan fingerprint density at radius 2 is 1.33 bits per heavy atom. The van der Waals surface area contributed by atoms with Crippen LogP contribution in [0.5, 0.6) is 0 Å². The number of benzene rings is 1. The largest absolute Gasteiger partial charge is 0.454 e. The minimum absolute atomic E-state index is 0.760. The highest BCUT2D eigenvalue weighted by molar-refractivity contribution is 6.00. The molecule has 0 aliphatic heterocycles. The van der Waals surface area contributed by atoms with E-state index >= 15 is 0 Å². The molecule has 0 amide bonds. The molecule has 0 saturated carbocycles. The zero-order chi connectivity index (χ0) is 14.1. The molecule has 1 aromatic carbocycles. The molecule has 100 valence electrons. The van der Waals surface area contributed by atoms with E-state index in [0.29, 0.717) is 0 Å². The lowest BCUT2D eigenvalue weighted by Crippen LogP contribution is -1.86. The Morgan fingerprint density at radius 3 is 2.05 bits per heavy atom. The van der Waals surface area contributed by atoms with E-state index in [0.717, 1.165) is 33.7 Å². The van der Waals surface area contributed by atoms with Crippen molar-refractivity contribution < 1.29 is 4.42 Å². The number of fused-ring (bicyclic) bond motifs is 1. The van der Waals surface area contributed by atoms with Gasteiger partial charge in [-0.3, -0.25) is 9.97 Å². The average molecular weight is 272 g/mol. The zero-order valence-electron chi connectivity index (χ0n) is 11.2. The van der Waals surface area contributed by atoms with Crippen LogP contribution in [0.4, 0.5) is 0 Å². The van der Waals surface area contributed by atoms with Crippen LogP contribution in [0, 0.1) is 0 Å². The molecule has 3 heterocycles. The normalized spacial score (nSPS) is 10.9. The van der Waals surface area contributed by atoms with Gasteiger partial charge in [-0.15, -0.1) is 0 Å². The Labute approximate surface area is 121 Å². The van der Waals surface area contributed by atoms with Crippen LogP contribution in [0.1, 0.15) is 0 Å². The molecule has 0 saturated heterocycles. The number of para-hydroxylation sites is 1. The van der Waals surface area contributed by atoms with Crippen LogP contribution in [0.2, 0.25) is 0 Å². The second-order valence-corrected chi connectivity index (χ2v) is 4.73. The van der Waals surface area contributed by atoms with Gasteiger partial charge in [0.1, 0.15) is 11.3 Å². The minimum Gasteiger partial charge on any atom is -0.454 e. The van der Waals surface area contributed by atoms with Crippen LogP contribution in [-0.4, -0.2) is 9.97 Å². The molecule has 0 aliphatic rings. The molecule has 4 aromatic rings. The van der Waals surface area contributed by atoms with Gasteiger partial charge in [0, 0.05) is 17.8 Å². The van der Waals surface area contributed by atoms with Gasteiger partial charge in [-0.05, 0) is 30.3 Å². The molecule has 0 spiro atoms. The molecule has 0 fully saturated rings. The number of furan rings is 1.